The van der Waals surface area contributed by atoms with Crippen LogP contribution in [0.2, 0.25) is 0 Å². The molecule has 0 atom stereocenters. The summed E-state index contributed by atoms with van der Waals surface area (Å²) in [6.45, 7) is 0. The number of H-pyrrole nitrogens is 1. The molecule has 0 aliphatic heterocycles. The standard InChI is InChI=1S/C6H7N5O/c1-12-6-8-2-3-4(9-6)5(7)11-10-3/h2H,1H3,(H3,7,10,11). The van der Waals surface area contributed by atoms with Crippen molar-refractivity contribution < 1.29 is 4.74 Å². The van der Waals surface area contributed by atoms with Crippen LogP contribution in [0.5, 0.6) is 6.01 Å². The number of nitrogens with zero attached hydrogens (tertiary/aromatic N) is 3. The molecule has 0 bridgehead atoms. The predicted molar refractivity (Wildman–Crippen MR) is 42.6 cm³/mol. The van der Waals surface area contributed by atoms with E-state index in [1.165, 1.54) is 7.11 Å². The molecule has 12 heavy (non-hydrogen) atoms. The fourth-order valence-corrected chi connectivity index (χ4v) is 0.914. The number of hydrogen-bond acceptors (Lipinski definition) is 5. The molecule has 0 saturated heterocycles. The monoisotopic (exact) mass is 165 g/mol. The van der Waals surface area contributed by atoms with E-state index in [0.29, 0.717) is 16.9 Å². The molecule has 3 N–H and O–H groups in total. The van der Waals surface area contributed by atoms with Gasteiger partial charge < -0.3 is 10.5 Å². The van der Waals surface area contributed by atoms with Gasteiger partial charge in [-0.3, -0.25) is 5.10 Å². The van der Waals surface area contributed by atoms with E-state index in [1.54, 1.807) is 6.20 Å². The van der Waals surface area contributed by atoms with Crippen LogP contribution in [-0.2, 0) is 0 Å². The van der Waals surface area contributed by atoms with Gasteiger partial charge in [0.2, 0.25) is 0 Å². The van der Waals surface area contributed by atoms with Gasteiger partial charge in [-0.25, -0.2) is 4.98 Å². The number of rotatable bonds is 1. The number of nitrogens with two attached hydrogens (primary N) is 1. The molecule has 6 nitrogen and oxygen atoms in total. The first-order valence-electron chi connectivity index (χ1n) is 3.32. The average Bonchev–Trinajstić information content (AvgIpc) is 2.47. The number of hydrogen-bond donors (Lipinski definition) is 2. The van der Waals surface area contributed by atoms with Gasteiger partial charge in [0, 0.05) is 0 Å². The van der Waals surface area contributed by atoms with Gasteiger partial charge in [-0.2, -0.15) is 10.1 Å². The van der Waals surface area contributed by atoms with Gasteiger partial charge in [-0.05, 0) is 0 Å². The van der Waals surface area contributed by atoms with Crippen molar-refractivity contribution in [3.63, 3.8) is 0 Å². The summed E-state index contributed by atoms with van der Waals surface area (Å²) in [6, 6.07) is 0.288. The Morgan fingerprint density at radius 2 is 2.42 bits per heavy atom. The third-order valence-corrected chi connectivity index (χ3v) is 1.49. The van der Waals surface area contributed by atoms with Gasteiger partial charge in [0.1, 0.15) is 11.0 Å². The fraction of sp³-hybridized carbons (Fsp3) is 0.167. The highest BCUT2D eigenvalue weighted by molar-refractivity contribution is 5.83. The summed E-state index contributed by atoms with van der Waals surface area (Å²) in [5.74, 6) is 0.353. The molecule has 0 aliphatic rings. The van der Waals surface area contributed by atoms with E-state index in [-0.39, 0.29) is 6.01 Å². The molecular weight excluding hydrogens is 158 g/mol. The molecule has 0 aliphatic carbocycles. The second-order valence-electron chi connectivity index (χ2n) is 2.23. The number of aromatic amines is 1. The topological polar surface area (TPSA) is 89.7 Å². The van der Waals surface area contributed by atoms with E-state index >= 15 is 0 Å². The lowest BCUT2D eigenvalue weighted by Crippen LogP contribution is -1.92. The van der Waals surface area contributed by atoms with Gasteiger partial charge in [0.25, 0.3) is 0 Å². The normalized spacial score (nSPS) is 10.4. The summed E-state index contributed by atoms with van der Waals surface area (Å²) in [7, 11) is 1.50. The SMILES string of the molecule is COc1ncc2[nH]nc(N)c2n1. The van der Waals surface area contributed by atoms with Crippen LogP contribution in [0.3, 0.4) is 0 Å². The smallest absolute Gasteiger partial charge is 0.316 e. The van der Waals surface area contributed by atoms with Crippen LogP contribution in [0.4, 0.5) is 5.82 Å². The molecular formula is C6H7N5O. The van der Waals surface area contributed by atoms with Gasteiger partial charge in [0.15, 0.2) is 5.82 Å². The molecule has 6 heteroatoms. The first kappa shape index (κ1) is 6.84. The molecule has 0 aromatic carbocycles. The molecule has 0 spiro atoms. The fourth-order valence-electron chi connectivity index (χ4n) is 0.914. The summed E-state index contributed by atoms with van der Waals surface area (Å²) >= 11 is 0. The summed E-state index contributed by atoms with van der Waals surface area (Å²) in [5, 5.41) is 6.45. The van der Waals surface area contributed by atoms with Crippen molar-refractivity contribution in [2.24, 2.45) is 0 Å². The van der Waals surface area contributed by atoms with Crippen LogP contribution in [-0.4, -0.2) is 27.3 Å². The molecule has 0 saturated carbocycles. The van der Waals surface area contributed by atoms with Crippen LogP contribution in [0.1, 0.15) is 0 Å². The molecule has 0 unspecified atom stereocenters. The third kappa shape index (κ3) is 0.849. The zero-order valence-corrected chi connectivity index (χ0v) is 6.40. The van der Waals surface area contributed by atoms with Gasteiger partial charge in [-0.1, -0.05) is 0 Å². The Morgan fingerprint density at radius 3 is 3.17 bits per heavy atom. The number of nitrogens with one attached hydrogen (secondary N) is 1. The van der Waals surface area contributed by atoms with Crippen molar-refractivity contribution in [3.8, 4) is 6.01 Å². The highest BCUT2D eigenvalue weighted by Crippen LogP contribution is 2.15. The van der Waals surface area contributed by atoms with Crippen LogP contribution >= 0.6 is 0 Å². The van der Waals surface area contributed by atoms with Crippen LogP contribution in [0.25, 0.3) is 11.0 Å². The number of ether oxygens (including phenoxy) is 1. The average molecular weight is 165 g/mol. The van der Waals surface area contributed by atoms with E-state index in [2.05, 4.69) is 20.2 Å². The Kier molecular flexibility index (Phi) is 1.33. The molecule has 62 valence electrons. The minimum Gasteiger partial charge on any atom is -0.467 e. The first-order valence-corrected chi connectivity index (χ1v) is 3.32. The van der Waals surface area contributed by atoms with Crippen molar-refractivity contribution in [2.45, 2.75) is 0 Å². The Morgan fingerprint density at radius 1 is 1.58 bits per heavy atom. The lowest BCUT2D eigenvalue weighted by Gasteiger charge is -1.94. The lowest BCUT2D eigenvalue weighted by atomic mass is 10.4. The quantitative estimate of drug-likeness (QED) is 0.618. The second kappa shape index (κ2) is 2.33. The molecule has 2 heterocycles. The number of anilines is 1. The van der Waals surface area contributed by atoms with Crippen LogP contribution in [0.15, 0.2) is 6.20 Å². The molecule has 2 aromatic heterocycles. The highest BCUT2D eigenvalue weighted by atomic mass is 16.5. The van der Waals surface area contributed by atoms with Crippen LogP contribution in [0, 0.1) is 0 Å². The summed E-state index contributed by atoms with van der Waals surface area (Å²) in [5.41, 5.74) is 6.80. The number of fused-ring (bicyclic) bond motifs is 1. The van der Waals surface area contributed by atoms with Crippen molar-refractivity contribution >= 4 is 16.9 Å². The summed E-state index contributed by atoms with van der Waals surface area (Å²) < 4.78 is 4.83. The summed E-state index contributed by atoms with van der Waals surface area (Å²) in [6.07, 6.45) is 1.57. The first-order chi connectivity index (χ1) is 5.81. The van der Waals surface area contributed by atoms with E-state index in [4.69, 9.17) is 10.5 Å². The Hall–Kier alpha value is -1.85. The van der Waals surface area contributed by atoms with Crippen molar-refractivity contribution in [1.29, 1.82) is 0 Å². The second-order valence-corrected chi connectivity index (χ2v) is 2.23. The maximum Gasteiger partial charge on any atom is 0.316 e. The van der Waals surface area contributed by atoms with Crippen molar-refractivity contribution in [1.82, 2.24) is 20.2 Å². The van der Waals surface area contributed by atoms with Crippen molar-refractivity contribution in [2.75, 3.05) is 12.8 Å². The number of aromatic nitrogens is 4. The number of nitrogen functional groups attached to an aromatic ring is 1. The molecule has 0 radical (unpaired) electrons. The predicted octanol–water partition coefficient (Wildman–Crippen LogP) is -0.0563. The Balaban J connectivity index is 2.71. The molecule has 0 fully saturated rings. The minimum absolute atomic E-state index is 0.288. The van der Waals surface area contributed by atoms with E-state index in [9.17, 15) is 0 Å². The highest BCUT2D eigenvalue weighted by Gasteiger charge is 2.05. The van der Waals surface area contributed by atoms with Gasteiger partial charge in [-0.15, -0.1) is 0 Å². The molecule has 2 aromatic rings. The third-order valence-electron chi connectivity index (χ3n) is 1.49. The van der Waals surface area contributed by atoms with E-state index in [1.807, 2.05) is 0 Å². The maximum absolute atomic E-state index is 5.51. The van der Waals surface area contributed by atoms with Crippen LogP contribution < -0.4 is 10.5 Å². The Labute approximate surface area is 67.8 Å². The zero-order valence-electron chi connectivity index (χ0n) is 6.40. The lowest BCUT2D eigenvalue weighted by molar-refractivity contribution is 0.382. The van der Waals surface area contributed by atoms with Gasteiger partial charge >= 0.3 is 6.01 Å². The molecule has 0 amide bonds. The van der Waals surface area contributed by atoms with E-state index in [0.717, 1.165) is 0 Å². The van der Waals surface area contributed by atoms with Crippen molar-refractivity contribution in [3.05, 3.63) is 6.20 Å². The summed E-state index contributed by atoms with van der Waals surface area (Å²) in [4.78, 5) is 7.88. The van der Waals surface area contributed by atoms with Gasteiger partial charge in [0.05, 0.1) is 13.3 Å². The number of methoxy groups -OCH3 is 1. The Bertz CT molecular complexity index is 409. The largest absolute Gasteiger partial charge is 0.467 e. The maximum atomic E-state index is 5.51. The molecule has 2 rings (SSSR count). The zero-order chi connectivity index (χ0) is 8.55. The minimum atomic E-state index is 0.288. The van der Waals surface area contributed by atoms with E-state index < -0.39 is 0 Å².